The van der Waals surface area contributed by atoms with Crippen molar-refractivity contribution in [1.29, 1.82) is 0 Å². The van der Waals surface area contributed by atoms with E-state index < -0.39 is 0 Å². The minimum Gasteiger partial charge on any atom is -0.496 e. The predicted molar refractivity (Wildman–Crippen MR) is 82.7 cm³/mol. The van der Waals surface area contributed by atoms with Crippen molar-refractivity contribution in [2.45, 2.75) is 6.54 Å². The molecule has 0 atom stereocenters. The Hall–Kier alpha value is -2.01. The van der Waals surface area contributed by atoms with Gasteiger partial charge in [-0.2, -0.15) is 0 Å². The van der Waals surface area contributed by atoms with Crippen molar-refractivity contribution in [3.05, 3.63) is 58.1 Å². The van der Waals surface area contributed by atoms with Crippen LogP contribution < -0.4 is 15.8 Å². The number of nitrogens with two attached hydrogens (primary N) is 1. The van der Waals surface area contributed by atoms with Crippen LogP contribution in [0.15, 0.2) is 46.9 Å². The quantitative estimate of drug-likeness (QED) is 0.845. The monoisotopic (exact) mass is 334 g/mol. The van der Waals surface area contributed by atoms with Gasteiger partial charge in [0.15, 0.2) is 0 Å². The van der Waals surface area contributed by atoms with Gasteiger partial charge in [-0.1, -0.05) is 18.2 Å². The lowest BCUT2D eigenvalue weighted by molar-refractivity contribution is 0.0951. The van der Waals surface area contributed by atoms with Crippen LogP contribution in [0.2, 0.25) is 0 Å². The molecule has 0 bridgehead atoms. The number of benzene rings is 2. The zero-order valence-corrected chi connectivity index (χ0v) is 12.6. The van der Waals surface area contributed by atoms with Gasteiger partial charge in [-0.05, 0) is 45.8 Å². The Morgan fingerprint density at radius 3 is 2.70 bits per heavy atom. The molecule has 5 heteroatoms. The van der Waals surface area contributed by atoms with E-state index in [1.807, 2.05) is 24.3 Å². The smallest absolute Gasteiger partial charge is 0.251 e. The molecule has 0 aliphatic carbocycles. The number of carbonyl (C=O) groups excluding carboxylic acids is 1. The molecule has 0 heterocycles. The topological polar surface area (TPSA) is 64.3 Å². The normalized spacial score (nSPS) is 10.1. The number of methoxy groups -OCH3 is 1. The maximum atomic E-state index is 12.1. The molecule has 20 heavy (non-hydrogen) atoms. The van der Waals surface area contributed by atoms with Gasteiger partial charge in [0.2, 0.25) is 0 Å². The molecular formula is C15H15BrN2O2. The molecule has 0 aliphatic heterocycles. The number of anilines is 1. The van der Waals surface area contributed by atoms with Crippen molar-refractivity contribution in [2.75, 3.05) is 12.8 Å². The molecule has 0 saturated heterocycles. The summed E-state index contributed by atoms with van der Waals surface area (Å²) in [7, 11) is 1.58. The Balaban J connectivity index is 2.05. The van der Waals surface area contributed by atoms with Crippen molar-refractivity contribution in [3.8, 4) is 5.75 Å². The summed E-state index contributed by atoms with van der Waals surface area (Å²) >= 11 is 3.36. The first-order chi connectivity index (χ1) is 9.61. The standard InChI is InChI=1S/C15H15BrN2O2/c1-20-14-7-6-10(8-12(14)16)15(19)18-9-11-4-2-3-5-13(11)17/h2-8H,9,17H2,1H3,(H,18,19). The first-order valence-electron chi connectivity index (χ1n) is 6.07. The molecule has 0 radical (unpaired) electrons. The minimum atomic E-state index is -0.156. The highest BCUT2D eigenvalue weighted by atomic mass is 79.9. The van der Waals surface area contributed by atoms with Gasteiger partial charge in [0, 0.05) is 17.8 Å². The maximum absolute atomic E-state index is 12.1. The summed E-state index contributed by atoms with van der Waals surface area (Å²) in [5.74, 6) is 0.533. The van der Waals surface area contributed by atoms with Crippen LogP contribution in [0.3, 0.4) is 0 Å². The largest absolute Gasteiger partial charge is 0.496 e. The van der Waals surface area contributed by atoms with Crippen molar-refractivity contribution in [2.24, 2.45) is 0 Å². The Labute approximate surface area is 126 Å². The Bertz CT molecular complexity index is 629. The van der Waals surface area contributed by atoms with Gasteiger partial charge in [-0.15, -0.1) is 0 Å². The molecule has 3 N–H and O–H groups in total. The van der Waals surface area contributed by atoms with E-state index in [-0.39, 0.29) is 5.91 Å². The number of carbonyl (C=O) groups is 1. The number of nitrogen functional groups attached to an aromatic ring is 1. The Morgan fingerprint density at radius 2 is 2.05 bits per heavy atom. The molecule has 4 nitrogen and oxygen atoms in total. The van der Waals surface area contributed by atoms with Crippen LogP contribution in [0.25, 0.3) is 0 Å². The highest BCUT2D eigenvalue weighted by Gasteiger charge is 2.09. The van der Waals surface area contributed by atoms with Crippen LogP contribution in [0.4, 0.5) is 5.69 Å². The number of hydrogen-bond acceptors (Lipinski definition) is 3. The Morgan fingerprint density at radius 1 is 1.30 bits per heavy atom. The fraction of sp³-hybridized carbons (Fsp3) is 0.133. The average Bonchev–Trinajstić information content (AvgIpc) is 2.46. The summed E-state index contributed by atoms with van der Waals surface area (Å²) in [5.41, 5.74) is 7.96. The number of nitrogens with one attached hydrogen (secondary N) is 1. The summed E-state index contributed by atoms with van der Waals surface area (Å²) in [6.07, 6.45) is 0. The first-order valence-corrected chi connectivity index (χ1v) is 6.86. The van der Waals surface area contributed by atoms with E-state index in [2.05, 4.69) is 21.2 Å². The van der Waals surface area contributed by atoms with Crippen molar-refractivity contribution >= 4 is 27.5 Å². The zero-order chi connectivity index (χ0) is 14.5. The summed E-state index contributed by atoms with van der Waals surface area (Å²) < 4.78 is 5.87. The third kappa shape index (κ3) is 3.30. The van der Waals surface area contributed by atoms with E-state index in [1.165, 1.54) is 0 Å². The van der Waals surface area contributed by atoms with Crippen LogP contribution in [0.1, 0.15) is 15.9 Å². The molecule has 1 amide bonds. The summed E-state index contributed by atoms with van der Waals surface area (Å²) in [5, 5.41) is 2.84. The highest BCUT2D eigenvalue weighted by molar-refractivity contribution is 9.10. The molecule has 0 saturated carbocycles. The number of ether oxygens (including phenoxy) is 1. The lowest BCUT2D eigenvalue weighted by Gasteiger charge is -2.09. The van der Waals surface area contributed by atoms with Gasteiger partial charge in [-0.3, -0.25) is 4.79 Å². The van der Waals surface area contributed by atoms with Gasteiger partial charge in [0.25, 0.3) is 5.91 Å². The third-order valence-electron chi connectivity index (χ3n) is 2.91. The lowest BCUT2D eigenvalue weighted by Crippen LogP contribution is -2.23. The van der Waals surface area contributed by atoms with E-state index in [0.717, 1.165) is 10.0 Å². The van der Waals surface area contributed by atoms with Gasteiger partial charge in [0.1, 0.15) is 5.75 Å². The second-order valence-corrected chi connectivity index (χ2v) is 5.09. The number of rotatable bonds is 4. The molecule has 104 valence electrons. The van der Waals surface area contributed by atoms with Crippen molar-refractivity contribution in [3.63, 3.8) is 0 Å². The molecular weight excluding hydrogens is 320 g/mol. The van der Waals surface area contributed by atoms with Crippen LogP contribution >= 0.6 is 15.9 Å². The molecule has 0 aromatic heterocycles. The molecule has 0 spiro atoms. The maximum Gasteiger partial charge on any atom is 0.251 e. The molecule has 0 fully saturated rings. The van der Waals surface area contributed by atoms with Crippen LogP contribution in [-0.4, -0.2) is 13.0 Å². The van der Waals surface area contributed by atoms with Gasteiger partial charge in [0.05, 0.1) is 11.6 Å². The molecule has 0 aliphatic rings. The predicted octanol–water partition coefficient (Wildman–Crippen LogP) is 2.97. The zero-order valence-electron chi connectivity index (χ0n) is 11.0. The van der Waals surface area contributed by atoms with Gasteiger partial charge >= 0.3 is 0 Å². The second-order valence-electron chi connectivity index (χ2n) is 4.23. The Kier molecular flexibility index (Phi) is 4.63. The van der Waals surface area contributed by atoms with Crippen molar-refractivity contribution in [1.82, 2.24) is 5.32 Å². The van der Waals surface area contributed by atoms with Crippen LogP contribution in [0.5, 0.6) is 5.75 Å². The molecule has 2 rings (SSSR count). The minimum absolute atomic E-state index is 0.156. The summed E-state index contributed by atoms with van der Waals surface area (Å²) in [4.78, 5) is 12.1. The lowest BCUT2D eigenvalue weighted by atomic mass is 10.1. The average molecular weight is 335 g/mol. The SMILES string of the molecule is COc1ccc(C(=O)NCc2ccccc2N)cc1Br. The van der Waals surface area contributed by atoms with E-state index in [9.17, 15) is 4.79 Å². The number of para-hydroxylation sites is 1. The summed E-state index contributed by atoms with van der Waals surface area (Å²) in [6.45, 7) is 0.398. The van der Waals surface area contributed by atoms with E-state index in [1.54, 1.807) is 25.3 Å². The van der Waals surface area contributed by atoms with Gasteiger partial charge < -0.3 is 15.8 Å². The third-order valence-corrected chi connectivity index (χ3v) is 3.53. The first kappa shape index (κ1) is 14.4. The van der Waals surface area contributed by atoms with E-state index in [0.29, 0.717) is 23.5 Å². The molecule has 2 aromatic carbocycles. The van der Waals surface area contributed by atoms with Crippen molar-refractivity contribution < 1.29 is 9.53 Å². The van der Waals surface area contributed by atoms with Crippen LogP contribution in [0, 0.1) is 0 Å². The fourth-order valence-electron chi connectivity index (χ4n) is 1.78. The van der Waals surface area contributed by atoms with Crippen LogP contribution in [-0.2, 0) is 6.54 Å². The number of hydrogen-bond donors (Lipinski definition) is 2. The molecule has 2 aromatic rings. The second kappa shape index (κ2) is 6.43. The van der Waals surface area contributed by atoms with E-state index >= 15 is 0 Å². The van der Waals surface area contributed by atoms with Gasteiger partial charge in [-0.25, -0.2) is 0 Å². The fourth-order valence-corrected chi connectivity index (χ4v) is 2.32. The number of amides is 1. The highest BCUT2D eigenvalue weighted by Crippen LogP contribution is 2.25. The number of halogens is 1. The molecule has 0 unspecified atom stereocenters. The van der Waals surface area contributed by atoms with E-state index in [4.69, 9.17) is 10.5 Å². The summed E-state index contributed by atoms with van der Waals surface area (Å²) in [6, 6.07) is 12.6.